The fourth-order valence-corrected chi connectivity index (χ4v) is 4.29. The molecule has 1 aromatic carbocycles. The number of benzene rings is 1. The summed E-state index contributed by atoms with van der Waals surface area (Å²) in [5.41, 5.74) is 14.4. The number of nitrogens with one attached hydrogen (secondary N) is 2. The number of rotatable bonds is 1. The van der Waals surface area contributed by atoms with E-state index in [1.807, 2.05) is 0 Å². The number of amidine groups is 1. The van der Waals surface area contributed by atoms with Gasteiger partial charge in [0.15, 0.2) is 5.84 Å². The summed E-state index contributed by atoms with van der Waals surface area (Å²) >= 11 is 0. The van der Waals surface area contributed by atoms with E-state index >= 15 is 0 Å². The summed E-state index contributed by atoms with van der Waals surface area (Å²) in [6.45, 7) is 0.837. The quantitative estimate of drug-likeness (QED) is 0.460. The minimum Gasteiger partial charge on any atom is -0.481 e. The second-order valence-electron chi connectivity index (χ2n) is 7.61. The van der Waals surface area contributed by atoms with Crippen LogP contribution in [0.5, 0.6) is 0 Å². The molecule has 4 rings (SSSR count). The second kappa shape index (κ2) is 8.29. The molecule has 1 fully saturated rings. The van der Waals surface area contributed by atoms with E-state index in [0.29, 0.717) is 40.0 Å². The van der Waals surface area contributed by atoms with Crippen LogP contribution < -0.4 is 16.6 Å². The number of carbonyl (C=O) groups is 1. The van der Waals surface area contributed by atoms with Crippen LogP contribution in [0.1, 0.15) is 34.8 Å². The molecule has 0 aliphatic carbocycles. The van der Waals surface area contributed by atoms with Gasteiger partial charge in [-0.3, -0.25) is 15.2 Å². The van der Waals surface area contributed by atoms with Crippen molar-refractivity contribution < 1.29 is 13.9 Å². The Hall–Kier alpha value is -3.56. The Morgan fingerprint density at radius 1 is 1.42 bits per heavy atom. The number of likely N-dealkylation sites (N-methyl/N-ethyl adjacent to an activating group) is 1. The number of hydrazine groups is 1. The highest BCUT2D eigenvalue weighted by Gasteiger charge is 2.34. The summed E-state index contributed by atoms with van der Waals surface area (Å²) in [7, 11) is 4.76. The van der Waals surface area contributed by atoms with Crippen LogP contribution in [-0.2, 0) is 4.74 Å². The van der Waals surface area contributed by atoms with E-state index in [9.17, 15) is 9.18 Å². The van der Waals surface area contributed by atoms with Crippen molar-refractivity contribution >= 4 is 17.6 Å². The van der Waals surface area contributed by atoms with Crippen molar-refractivity contribution in [2.45, 2.75) is 18.9 Å². The minimum absolute atomic E-state index is 0.113. The van der Waals surface area contributed by atoms with E-state index in [4.69, 9.17) is 15.5 Å². The number of hydrogen-bond acceptors (Lipinski definition) is 8. The molecule has 3 aliphatic heterocycles. The van der Waals surface area contributed by atoms with Crippen LogP contribution >= 0.6 is 0 Å². The first-order valence-electron chi connectivity index (χ1n) is 10.1. The Morgan fingerprint density at radius 3 is 2.97 bits per heavy atom. The van der Waals surface area contributed by atoms with Gasteiger partial charge in [-0.1, -0.05) is 0 Å². The van der Waals surface area contributed by atoms with Gasteiger partial charge in [0.2, 0.25) is 5.90 Å². The number of halogens is 1. The van der Waals surface area contributed by atoms with Crippen LogP contribution in [0.15, 0.2) is 51.5 Å². The molecule has 164 valence electrons. The average Bonchev–Trinajstić information content (AvgIpc) is 3.26. The molecule has 3 aliphatic rings. The molecule has 3 heterocycles. The molecule has 0 aromatic heterocycles. The highest BCUT2D eigenvalue weighted by molar-refractivity contribution is 6.21. The summed E-state index contributed by atoms with van der Waals surface area (Å²) in [6.07, 6.45) is 3.42. The Kier molecular flexibility index (Phi) is 5.53. The molecule has 10 heteroatoms. The molecule has 4 N–H and O–H groups in total. The number of fused-ring (bicyclic) bond motifs is 5. The monoisotopic (exact) mass is 427 g/mol. The summed E-state index contributed by atoms with van der Waals surface area (Å²) in [5, 5.41) is 0. The lowest BCUT2D eigenvalue weighted by Gasteiger charge is -2.32. The summed E-state index contributed by atoms with van der Waals surface area (Å²) in [6, 6.07) is 4.14. The van der Waals surface area contributed by atoms with Crippen molar-refractivity contribution in [1.82, 2.24) is 20.7 Å². The van der Waals surface area contributed by atoms with Gasteiger partial charge >= 0.3 is 0 Å². The van der Waals surface area contributed by atoms with Gasteiger partial charge in [-0.2, -0.15) is 0 Å². The SMILES string of the molecule is CN=C(OC)C1=C(N)CN(C)C(=O)c2ccc(F)cc2[C@H]2CCCN2C2=CNNC1=N2. The summed E-state index contributed by atoms with van der Waals surface area (Å²) in [5.74, 6) is 0.781. The molecule has 0 unspecified atom stereocenters. The lowest BCUT2D eigenvalue weighted by atomic mass is 9.97. The second-order valence-corrected chi connectivity index (χ2v) is 7.61. The third kappa shape index (κ3) is 3.69. The third-order valence-electron chi connectivity index (χ3n) is 5.69. The number of methoxy groups -OCH3 is 1. The molecule has 0 spiro atoms. The van der Waals surface area contributed by atoms with E-state index in [-0.39, 0.29) is 24.3 Å². The number of carbonyl (C=O) groups excluding carboxylic acids is 1. The van der Waals surface area contributed by atoms with Gasteiger partial charge in [-0.05, 0) is 36.6 Å². The predicted molar refractivity (Wildman–Crippen MR) is 115 cm³/mol. The predicted octanol–water partition coefficient (Wildman–Crippen LogP) is 1.24. The van der Waals surface area contributed by atoms with E-state index in [2.05, 4.69) is 20.7 Å². The molecule has 0 saturated carbocycles. The Balaban J connectivity index is 1.93. The maximum Gasteiger partial charge on any atom is 0.254 e. The summed E-state index contributed by atoms with van der Waals surface area (Å²) < 4.78 is 19.6. The van der Waals surface area contributed by atoms with Gasteiger partial charge in [0.05, 0.1) is 25.9 Å². The van der Waals surface area contributed by atoms with Gasteiger partial charge in [0.25, 0.3) is 5.91 Å². The zero-order valence-corrected chi connectivity index (χ0v) is 17.8. The van der Waals surface area contributed by atoms with Gasteiger partial charge < -0.3 is 25.7 Å². The zero-order valence-electron chi connectivity index (χ0n) is 17.8. The van der Waals surface area contributed by atoms with E-state index in [1.54, 1.807) is 26.4 Å². The van der Waals surface area contributed by atoms with Crippen molar-refractivity contribution in [2.75, 3.05) is 34.3 Å². The average molecular weight is 427 g/mol. The first-order chi connectivity index (χ1) is 14.9. The van der Waals surface area contributed by atoms with Crippen LogP contribution in [0.25, 0.3) is 0 Å². The molecule has 1 aromatic rings. The van der Waals surface area contributed by atoms with Gasteiger partial charge in [0, 0.05) is 31.9 Å². The first kappa shape index (κ1) is 20.7. The van der Waals surface area contributed by atoms with Gasteiger partial charge in [0.1, 0.15) is 17.2 Å². The molecule has 2 bridgehead atoms. The van der Waals surface area contributed by atoms with Crippen LogP contribution in [0.2, 0.25) is 0 Å². The lowest BCUT2D eigenvalue weighted by molar-refractivity contribution is 0.0803. The Morgan fingerprint density at radius 2 is 2.23 bits per heavy atom. The maximum atomic E-state index is 14.2. The van der Waals surface area contributed by atoms with Crippen molar-refractivity contribution in [3.05, 3.63) is 58.4 Å². The molecule has 0 radical (unpaired) electrons. The molecule has 1 saturated heterocycles. The smallest absolute Gasteiger partial charge is 0.254 e. The van der Waals surface area contributed by atoms with Crippen LogP contribution in [-0.4, -0.2) is 61.7 Å². The number of nitrogens with two attached hydrogens (primary N) is 1. The van der Waals surface area contributed by atoms with Crippen LogP contribution in [0, 0.1) is 5.82 Å². The molecular formula is C21H26FN7O2. The van der Waals surface area contributed by atoms with Crippen LogP contribution in [0.3, 0.4) is 0 Å². The summed E-state index contributed by atoms with van der Waals surface area (Å²) in [4.78, 5) is 25.9. The van der Waals surface area contributed by atoms with Gasteiger partial charge in [-0.15, -0.1) is 0 Å². The standard InChI is InChI=1S/C21H26FN7O2/c1-24-20(31-3)18-15(23)11-28(2)21(30)13-7-6-12(22)9-14(13)16-5-4-8-29(16)17-10-25-27-19(18)26-17/h6-7,9-10,16,25H,4-5,8,11,23H2,1-3H3,(H,26,27)/t16-/m1/s1. The van der Waals surface area contributed by atoms with E-state index in [1.165, 1.54) is 24.1 Å². The highest BCUT2D eigenvalue weighted by atomic mass is 19.1. The van der Waals surface area contributed by atoms with Crippen molar-refractivity contribution in [3.63, 3.8) is 0 Å². The Labute approximate surface area is 180 Å². The number of aliphatic imine (C=N–C) groups is 2. The zero-order chi connectivity index (χ0) is 22.1. The highest BCUT2D eigenvalue weighted by Crippen LogP contribution is 2.38. The molecule has 1 atom stereocenters. The van der Waals surface area contributed by atoms with Gasteiger partial charge in [-0.25, -0.2) is 9.38 Å². The number of hydrogen-bond donors (Lipinski definition) is 3. The van der Waals surface area contributed by atoms with Crippen molar-refractivity contribution in [3.8, 4) is 0 Å². The number of nitrogens with zero attached hydrogens (tertiary/aromatic N) is 4. The third-order valence-corrected chi connectivity index (χ3v) is 5.69. The largest absolute Gasteiger partial charge is 0.481 e. The number of amides is 1. The molecule has 1 amide bonds. The normalized spacial score (nSPS) is 21.7. The fraction of sp³-hybridized carbons (Fsp3) is 0.381. The van der Waals surface area contributed by atoms with Crippen molar-refractivity contribution in [1.29, 1.82) is 0 Å². The molecule has 9 nitrogen and oxygen atoms in total. The Bertz CT molecular complexity index is 1030. The number of ether oxygens (including phenoxy) is 1. The molecule has 31 heavy (non-hydrogen) atoms. The topological polar surface area (TPSA) is 108 Å². The van der Waals surface area contributed by atoms with E-state index in [0.717, 1.165) is 19.4 Å². The maximum absolute atomic E-state index is 14.2. The lowest BCUT2D eigenvalue weighted by Crippen LogP contribution is -2.44. The minimum atomic E-state index is -0.375. The van der Waals surface area contributed by atoms with Crippen LogP contribution in [0.4, 0.5) is 4.39 Å². The molecular weight excluding hydrogens is 401 g/mol. The van der Waals surface area contributed by atoms with E-state index < -0.39 is 0 Å². The van der Waals surface area contributed by atoms with Crippen molar-refractivity contribution in [2.24, 2.45) is 15.7 Å². The fourth-order valence-electron chi connectivity index (χ4n) is 4.29. The first-order valence-corrected chi connectivity index (χ1v) is 10.1.